The van der Waals surface area contributed by atoms with Gasteiger partial charge in [-0.1, -0.05) is 20.8 Å². The second-order valence-electron chi connectivity index (χ2n) is 6.71. The Morgan fingerprint density at radius 1 is 1.19 bits per heavy atom. The van der Waals surface area contributed by atoms with E-state index in [1.54, 1.807) is 14.2 Å². The molecular weight excluding hydrogens is 264 g/mol. The first kappa shape index (κ1) is 16.0. The number of rotatable bonds is 3. The molecule has 1 heterocycles. The maximum atomic E-state index is 5.54. The van der Waals surface area contributed by atoms with Gasteiger partial charge in [0.15, 0.2) is 0 Å². The van der Waals surface area contributed by atoms with Crippen molar-refractivity contribution < 1.29 is 9.47 Å². The summed E-state index contributed by atoms with van der Waals surface area (Å²) in [5, 5.41) is 3.67. The monoisotopic (exact) mass is 292 g/mol. The minimum absolute atomic E-state index is 0.231. The molecule has 1 N–H and O–H groups in total. The van der Waals surface area contributed by atoms with Gasteiger partial charge in [-0.05, 0) is 30.5 Å². The van der Waals surface area contributed by atoms with Gasteiger partial charge in [0.05, 0.1) is 19.9 Å². The molecule has 1 saturated heterocycles. The first-order chi connectivity index (χ1) is 9.95. The zero-order valence-corrected chi connectivity index (χ0v) is 13.9. The van der Waals surface area contributed by atoms with Crippen molar-refractivity contribution in [3.05, 3.63) is 18.2 Å². The predicted octanol–water partition coefficient (Wildman–Crippen LogP) is 2.92. The molecule has 1 aromatic rings. The summed E-state index contributed by atoms with van der Waals surface area (Å²) in [6.07, 6.45) is 1.13. The van der Waals surface area contributed by atoms with Crippen LogP contribution in [0.1, 0.15) is 27.2 Å². The summed E-state index contributed by atoms with van der Waals surface area (Å²) >= 11 is 0. The Balaban J connectivity index is 2.30. The number of anilines is 1. The summed E-state index contributed by atoms with van der Waals surface area (Å²) in [5.74, 6) is 1.78. The topological polar surface area (TPSA) is 33.7 Å². The molecular formula is C17H28N2O2. The fraction of sp³-hybridized carbons (Fsp3) is 0.647. The number of nitrogens with zero attached hydrogens (tertiary/aromatic N) is 1. The highest BCUT2D eigenvalue weighted by Crippen LogP contribution is 2.34. The Labute approximate surface area is 128 Å². The van der Waals surface area contributed by atoms with Crippen molar-refractivity contribution in [2.24, 2.45) is 5.41 Å². The van der Waals surface area contributed by atoms with Gasteiger partial charge in [0.25, 0.3) is 0 Å². The van der Waals surface area contributed by atoms with Gasteiger partial charge >= 0.3 is 0 Å². The summed E-state index contributed by atoms with van der Waals surface area (Å²) in [7, 11) is 3.43. The van der Waals surface area contributed by atoms with Crippen LogP contribution in [0.15, 0.2) is 18.2 Å². The normalized spacial score (nSPS) is 20.0. The van der Waals surface area contributed by atoms with Crippen LogP contribution in [0.4, 0.5) is 5.69 Å². The highest BCUT2D eigenvalue weighted by molar-refractivity contribution is 5.62. The third-order valence-electron chi connectivity index (χ3n) is 4.17. The third kappa shape index (κ3) is 3.82. The SMILES string of the molecule is COc1ccc(OC)c(N2CCCNC(C(C)(C)C)C2)c1. The van der Waals surface area contributed by atoms with Crippen molar-refractivity contribution in [3.63, 3.8) is 0 Å². The lowest BCUT2D eigenvalue weighted by atomic mass is 9.86. The van der Waals surface area contributed by atoms with Gasteiger partial charge in [0.1, 0.15) is 11.5 Å². The molecule has 0 bridgehead atoms. The average Bonchev–Trinajstić information content (AvgIpc) is 2.72. The van der Waals surface area contributed by atoms with Crippen LogP contribution >= 0.6 is 0 Å². The molecule has 1 aliphatic rings. The lowest BCUT2D eigenvalue weighted by Crippen LogP contribution is -2.46. The zero-order valence-electron chi connectivity index (χ0n) is 13.9. The summed E-state index contributed by atoms with van der Waals surface area (Å²) < 4.78 is 10.9. The summed E-state index contributed by atoms with van der Waals surface area (Å²) in [6, 6.07) is 6.46. The largest absolute Gasteiger partial charge is 0.497 e. The fourth-order valence-corrected chi connectivity index (χ4v) is 2.77. The maximum Gasteiger partial charge on any atom is 0.142 e. The van der Waals surface area contributed by atoms with Gasteiger partial charge in [-0.25, -0.2) is 0 Å². The van der Waals surface area contributed by atoms with Crippen molar-refractivity contribution >= 4 is 5.69 Å². The number of nitrogens with one attached hydrogen (secondary N) is 1. The molecule has 0 amide bonds. The van der Waals surface area contributed by atoms with Crippen molar-refractivity contribution in [1.82, 2.24) is 5.32 Å². The lowest BCUT2D eigenvalue weighted by Gasteiger charge is -2.35. The molecule has 4 nitrogen and oxygen atoms in total. The second kappa shape index (κ2) is 6.56. The van der Waals surface area contributed by atoms with Gasteiger partial charge in [0.2, 0.25) is 0 Å². The molecule has 0 aliphatic carbocycles. The van der Waals surface area contributed by atoms with E-state index in [1.807, 2.05) is 12.1 Å². The van der Waals surface area contributed by atoms with E-state index in [1.165, 1.54) is 0 Å². The second-order valence-corrected chi connectivity index (χ2v) is 6.71. The highest BCUT2D eigenvalue weighted by Gasteiger charge is 2.29. The summed E-state index contributed by atoms with van der Waals surface area (Å²) in [5.41, 5.74) is 1.35. The zero-order chi connectivity index (χ0) is 15.5. The van der Waals surface area contributed by atoms with Crippen molar-refractivity contribution in [3.8, 4) is 11.5 Å². The van der Waals surface area contributed by atoms with Crippen LogP contribution in [0.2, 0.25) is 0 Å². The van der Waals surface area contributed by atoms with Crippen LogP contribution in [0.5, 0.6) is 11.5 Å². The minimum atomic E-state index is 0.231. The molecule has 0 saturated carbocycles. The van der Waals surface area contributed by atoms with E-state index in [0.717, 1.165) is 43.2 Å². The van der Waals surface area contributed by atoms with Crippen molar-refractivity contribution in [1.29, 1.82) is 0 Å². The van der Waals surface area contributed by atoms with Crippen LogP contribution in [-0.2, 0) is 0 Å². The molecule has 0 aromatic heterocycles. The molecule has 21 heavy (non-hydrogen) atoms. The van der Waals surface area contributed by atoms with Gasteiger partial charge < -0.3 is 19.7 Å². The van der Waals surface area contributed by atoms with E-state index in [-0.39, 0.29) is 5.41 Å². The molecule has 118 valence electrons. The first-order valence-corrected chi connectivity index (χ1v) is 7.66. The van der Waals surface area contributed by atoms with Crippen LogP contribution in [0.3, 0.4) is 0 Å². The Bertz CT molecular complexity index is 468. The molecule has 4 heteroatoms. The minimum Gasteiger partial charge on any atom is -0.497 e. The molecule has 1 fully saturated rings. The Morgan fingerprint density at radius 3 is 2.57 bits per heavy atom. The molecule has 2 rings (SSSR count). The molecule has 1 aromatic carbocycles. The molecule has 1 atom stereocenters. The molecule has 1 unspecified atom stereocenters. The van der Waals surface area contributed by atoms with Crippen LogP contribution < -0.4 is 19.7 Å². The number of hydrogen-bond acceptors (Lipinski definition) is 4. The van der Waals surface area contributed by atoms with E-state index < -0.39 is 0 Å². The van der Waals surface area contributed by atoms with E-state index in [9.17, 15) is 0 Å². The lowest BCUT2D eigenvalue weighted by molar-refractivity contribution is 0.280. The van der Waals surface area contributed by atoms with Crippen LogP contribution in [-0.4, -0.2) is 39.9 Å². The van der Waals surface area contributed by atoms with Crippen molar-refractivity contribution in [2.45, 2.75) is 33.2 Å². The maximum absolute atomic E-state index is 5.54. The molecule has 1 aliphatic heterocycles. The Morgan fingerprint density at radius 2 is 1.95 bits per heavy atom. The number of hydrogen-bond donors (Lipinski definition) is 1. The third-order valence-corrected chi connectivity index (χ3v) is 4.17. The smallest absolute Gasteiger partial charge is 0.142 e. The quantitative estimate of drug-likeness (QED) is 0.929. The van der Waals surface area contributed by atoms with Gasteiger partial charge in [-0.3, -0.25) is 0 Å². The Kier molecular flexibility index (Phi) is 4.99. The fourth-order valence-electron chi connectivity index (χ4n) is 2.77. The average molecular weight is 292 g/mol. The van der Waals surface area contributed by atoms with E-state index >= 15 is 0 Å². The van der Waals surface area contributed by atoms with Gasteiger partial charge in [-0.15, -0.1) is 0 Å². The van der Waals surface area contributed by atoms with Crippen LogP contribution in [0, 0.1) is 5.41 Å². The summed E-state index contributed by atoms with van der Waals surface area (Å²) in [4.78, 5) is 2.41. The van der Waals surface area contributed by atoms with Crippen LogP contribution in [0.25, 0.3) is 0 Å². The number of methoxy groups -OCH3 is 2. The summed E-state index contributed by atoms with van der Waals surface area (Å²) in [6.45, 7) is 9.94. The highest BCUT2D eigenvalue weighted by atomic mass is 16.5. The van der Waals surface area contributed by atoms with E-state index in [2.05, 4.69) is 37.1 Å². The van der Waals surface area contributed by atoms with E-state index in [4.69, 9.17) is 9.47 Å². The van der Waals surface area contributed by atoms with E-state index in [0.29, 0.717) is 6.04 Å². The first-order valence-electron chi connectivity index (χ1n) is 7.66. The Hall–Kier alpha value is -1.42. The number of benzene rings is 1. The van der Waals surface area contributed by atoms with Crippen molar-refractivity contribution in [2.75, 3.05) is 38.8 Å². The standard InChI is InChI=1S/C17H28N2O2/c1-17(2,3)16-12-19(10-6-9-18-16)14-11-13(20-4)7-8-15(14)21-5/h7-8,11,16,18H,6,9-10,12H2,1-5H3. The predicted molar refractivity (Wildman–Crippen MR) is 87.6 cm³/mol. The molecule has 0 radical (unpaired) electrons. The van der Waals surface area contributed by atoms with Gasteiger partial charge in [0, 0.05) is 25.2 Å². The number of ether oxygens (including phenoxy) is 2. The van der Waals surface area contributed by atoms with Gasteiger partial charge in [-0.2, -0.15) is 0 Å². The molecule has 0 spiro atoms.